The average molecular weight is 672 g/mol. The summed E-state index contributed by atoms with van der Waals surface area (Å²) in [6.07, 6.45) is 1.55. The highest BCUT2D eigenvalue weighted by atomic mass is 127. The van der Waals surface area contributed by atoms with E-state index in [1.165, 1.54) is 23.9 Å². The lowest BCUT2D eigenvalue weighted by Crippen LogP contribution is -2.20. The summed E-state index contributed by atoms with van der Waals surface area (Å²) in [4.78, 5) is 28.8. The summed E-state index contributed by atoms with van der Waals surface area (Å²) in [6, 6.07) is 26.2. The number of methoxy groups -OCH3 is 1. The maximum atomic E-state index is 13.6. The van der Waals surface area contributed by atoms with E-state index in [9.17, 15) is 14.9 Å². The minimum absolute atomic E-state index is 0.0127. The molecule has 0 radical (unpaired) electrons. The van der Waals surface area contributed by atoms with Crippen molar-refractivity contribution in [2.24, 2.45) is 5.10 Å². The van der Waals surface area contributed by atoms with Crippen molar-refractivity contribution in [2.45, 2.75) is 6.61 Å². The SMILES string of the molecule is COc1cc(C=Nn2c(-c3cc4ccccc4o3)nc3ccccc3c2=O)cc(I)c1OCc1ccc([N+](=O)[O-])cc1. The van der Waals surface area contributed by atoms with Gasteiger partial charge in [0.25, 0.3) is 11.2 Å². The fourth-order valence-corrected chi connectivity index (χ4v) is 5.21. The van der Waals surface area contributed by atoms with Gasteiger partial charge in [-0.3, -0.25) is 14.9 Å². The zero-order valence-electron chi connectivity index (χ0n) is 22.1. The van der Waals surface area contributed by atoms with Crippen molar-refractivity contribution in [1.29, 1.82) is 0 Å². The van der Waals surface area contributed by atoms with Gasteiger partial charge >= 0.3 is 0 Å². The van der Waals surface area contributed by atoms with Crippen LogP contribution in [0.3, 0.4) is 0 Å². The third kappa shape index (κ3) is 5.33. The van der Waals surface area contributed by atoms with Crippen LogP contribution < -0.4 is 15.0 Å². The minimum atomic E-state index is -0.446. The highest BCUT2D eigenvalue weighted by molar-refractivity contribution is 14.1. The Labute approximate surface area is 252 Å². The van der Waals surface area contributed by atoms with Crippen LogP contribution in [0.4, 0.5) is 5.69 Å². The number of ether oxygens (including phenoxy) is 2. The van der Waals surface area contributed by atoms with E-state index < -0.39 is 4.92 Å². The molecule has 10 nitrogen and oxygen atoms in total. The molecule has 4 aromatic carbocycles. The Morgan fingerprint density at radius 3 is 2.57 bits per heavy atom. The maximum absolute atomic E-state index is 13.6. The van der Waals surface area contributed by atoms with E-state index in [2.05, 4.69) is 27.7 Å². The van der Waals surface area contributed by atoms with E-state index in [1.807, 2.05) is 42.5 Å². The fraction of sp³-hybridized carbons (Fsp3) is 0.0645. The summed E-state index contributed by atoms with van der Waals surface area (Å²) in [6.45, 7) is 0.191. The Morgan fingerprint density at radius 2 is 1.81 bits per heavy atom. The fourth-order valence-electron chi connectivity index (χ4n) is 4.43. The van der Waals surface area contributed by atoms with Crippen LogP contribution in [0.15, 0.2) is 105 Å². The lowest BCUT2D eigenvalue weighted by atomic mass is 10.2. The normalized spacial score (nSPS) is 11.4. The van der Waals surface area contributed by atoms with E-state index in [0.29, 0.717) is 39.3 Å². The first-order chi connectivity index (χ1) is 20.4. The number of hydrogen-bond acceptors (Lipinski definition) is 8. The van der Waals surface area contributed by atoms with E-state index in [1.54, 1.807) is 42.6 Å². The van der Waals surface area contributed by atoms with Crippen molar-refractivity contribution in [3.63, 3.8) is 0 Å². The molecule has 0 atom stereocenters. The third-order valence-electron chi connectivity index (χ3n) is 6.50. The monoisotopic (exact) mass is 672 g/mol. The van der Waals surface area contributed by atoms with Gasteiger partial charge in [-0.15, -0.1) is 0 Å². The Bertz CT molecular complexity index is 2020. The number of rotatable bonds is 8. The van der Waals surface area contributed by atoms with Crippen molar-refractivity contribution < 1.29 is 18.8 Å². The molecular formula is C31H21IN4O6. The molecule has 0 aliphatic carbocycles. The molecule has 0 unspecified atom stereocenters. The molecule has 42 heavy (non-hydrogen) atoms. The predicted molar refractivity (Wildman–Crippen MR) is 167 cm³/mol. The van der Waals surface area contributed by atoms with Crippen molar-refractivity contribution >= 4 is 56.4 Å². The van der Waals surface area contributed by atoms with Crippen LogP contribution in [0.2, 0.25) is 0 Å². The molecule has 0 fully saturated rings. The van der Waals surface area contributed by atoms with E-state index in [4.69, 9.17) is 18.9 Å². The predicted octanol–water partition coefficient (Wildman–Crippen LogP) is 6.79. The van der Waals surface area contributed by atoms with Gasteiger partial charge < -0.3 is 13.9 Å². The summed E-state index contributed by atoms with van der Waals surface area (Å²) in [5.41, 5.74) is 2.32. The first-order valence-electron chi connectivity index (χ1n) is 12.7. The van der Waals surface area contributed by atoms with Crippen LogP contribution in [0.1, 0.15) is 11.1 Å². The molecule has 6 rings (SSSR count). The molecule has 0 saturated heterocycles. The summed E-state index contributed by atoms with van der Waals surface area (Å²) < 4.78 is 19.6. The van der Waals surface area contributed by atoms with Crippen LogP contribution in [-0.4, -0.2) is 27.9 Å². The molecule has 2 heterocycles. The largest absolute Gasteiger partial charge is 0.493 e. The third-order valence-corrected chi connectivity index (χ3v) is 7.31. The molecule has 0 amide bonds. The van der Waals surface area contributed by atoms with Gasteiger partial charge in [-0.1, -0.05) is 30.3 Å². The van der Waals surface area contributed by atoms with Crippen LogP contribution >= 0.6 is 22.6 Å². The standard InChI is InChI=1S/C31H21IN4O6/c1-40-27-15-20(14-24(32)29(27)41-18-19-10-12-22(13-11-19)36(38)39)17-33-35-30(28-16-21-6-2-5-9-26(21)42-28)34-25-8-4-3-7-23(25)31(35)37/h2-17H,18H2,1H3. The smallest absolute Gasteiger partial charge is 0.282 e. The molecule has 0 aliphatic heterocycles. The molecule has 0 bridgehead atoms. The second kappa shape index (κ2) is 11.4. The molecule has 0 aliphatic rings. The van der Waals surface area contributed by atoms with Crippen LogP contribution in [-0.2, 0) is 6.61 Å². The first kappa shape index (κ1) is 27.1. The second-order valence-corrected chi connectivity index (χ2v) is 10.4. The maximum Gasteiger partial charge on any atom is 0.282 e. The number of nitrogens with zero attached hydrogens (tertiary/aromatic N) is 4. The summed E-state index contributed by atoms with van der Waals surface area (Å²) in [5, 5.41) is 16.8. The Balaban J connectivity index is 1.35. The van der Waals surface area contributed by atoms with E-state index in [0.717, 1.165) is 14.5 Å². The summed E-state index contributed by atoms with van der Waals surface area (Å²) >= 11 is 2.14. The lowest BCUT2D eigenvalue weighted by Gasteiger charge is -2.14. The molecule has 11 heteroatoms. The van der Waals surface area contributed by atoms with Gasteiger partial charge in [-0.2, -0.15) is 9.78 Å². The van der Waals surface area contributed by atoms with Crippen molar-refractivity contribution in [1.82, 2.24) is 9.66 Å². The average Bonchev–Trinajstić information content (AvgIpc) is 3.44. The van der Waals surface area contributed by atoms with Gasteiger partial charge in [-0.25, -0.2) is 4.98 Å². The van der Waals surface area contributed by atoms with Gasteiger partial charge in [0.2, 0.25) is 5.82 Å². The van der Waals surface area contributed by atoms with Gasteiger partial charge in [-0.05, 0) is 82.2 Å². The minimum Gasteiger partial charge on any atom is -0.493 e. The van der Waals surface area contributed by atoms with Crippen molar-refractivity contribution in [3.05, 3.63) is 126 Å². The van der Waals surface area contributed by atoms with Gasteiger partial charge in [0, 0.05) is 17.5 Å². The summed E-state index contributed by atoms with van der Waals surface area (Å²) in [5.74, 6) is 1.67. The van der Waals surface area contributed by atoms with Crippen molar-refractivity contribution in [3.8, 4) is 23.1 Å². The number of benzene rings is 4. The number of nitro groups is 1. The van der Waals surface area contributed by atoms with Gasteiger partial charge in [0.05, 0.1) is 32.7 Å². The van der Waals surface area contributed by atoms with Crippen LogP contribution in [0.5, 0.6) is 11.5 Å². The van der Waals surface area contributed by atoms with Crippen LogP contribution in [0, 0.1) is 13.7 Å². The zero-order valence-corrected chi connectivity index (χ0v) is 24.2. The molecule has 0 spiro atoms. The summed E-state index contributed by atoms with van der Waals surface area (Å²) in [7, 11) is 1.53. The molecule has 0 N–H and O–H groups in total. The van der Waals surface area contributed by atoms with E-state index in [-0.39, 0.29) is 23.7 Å². The van der Waals surface area contributed by atoms with Gasteiger partial charge in [0.1, 0.15) is 12.2 Å². The topological polar surface area (TPSA) is 122 Å². The quantitative estimate of drug-likeness (QED) is 0.0755. The zero-order chi connectivity index (χ0) is 29.2. The van der Waals surface area contributed by atoms with E-state index >= 15 is 0 Å². The number of aromatic nitrogens is 2. The molecule has 208 valence electrons. The number of hydrogen-bond donors (Lipinski definition) is 0. The first-order valence-corrected chi connectivity index (χ1v) is 13.8. The number of halogens is 1. The lowest BCUT2D eigenvalue weighted by molar-refractivity contribution is -0.384. The molecule has 0 saturated carbocycles. The van der Waals surface area contributed by atoms with Crippen molar-refractivity contribution in [2.75, 3.05) is 7.11 Å². The van der Waals surface area contributed by atoms with Crippen LogP contribution in [0.25, 0.3) is 33.5 Å². The number of fused-ring (bicyclic) bond motifs is 2. The Morgan fingerprint density at radius 1 is 1.05 bits per heavy atom. The number of furan rings is 1. The molecule has 6 aromatic rings. The Kier molecular flexibility index (Phi) is 7.40. The number of non-ortho nitro benzene ring substituents is 1. The highest BCUT2D eigenvalue weighted by Crippen LogP contribution is 2.34. The Hall–Kier alpha value is -5.04. The van der Waals surface area contributed by atoms with Gasteiger partial charge in [0.15, 0.2) is 17.3 Å². The molecule has 2 aromatic heterocycles. The molecular weight excluding hydrogens is 651 g/mol. The second-order valence-electron chi connectivity index (χ2n) is 9.21. The number of para-hydroxylation sites is 2. The number of nitro benzene ring substituents is 1. The highest BCUT2D eigenvalue weighted by Gasteiger charge is 2.17.